The van der Waals surface area contributed by atoms with Gasteiger partial charge < -0.3 is 19.9 Å². The molecular formula is C19H24N2O4. The lowest BCUT2D eigenvalue weighted by molar-refractivity contribution is 0.0998. The number of rotatable bonds is 8. The first kappa shape index (κ1) is 18.6. The Balaban J connectivity index is 2.59. The zero-order chi connectivity index (χ0) is 18.4. The first-order valence-electron chi connectivity index (χ1n) is 8.08. The molecule has 0 aliphatic rings. The second kappa shape index (κ2) is 8.37. The van der Waals surface area contributed by atoms with Gasteiger partial charge in [-0.3, -0.25) is 9.78 Å². The largest absolute Gasteiger partial charge is 0.493 e. The van der Waals surface area contributed by atoms with E-state index in [4.69, 9.17) is 19.9 Å². The van der Waals surface area contributed by atoms with E-state index in [1.165, 1.54) is 21.3 Å². The van der Waals surface area contributed by atoms with Crippen LogP contribution in [-0.4, -0.2) is 32.2 Å². The van der Waals surface area contributed by atoms with Gasteiger partial charge in [0.15, 0.2) is 11.5 Å². The number of hydrogen-bond acceptors (Lipinski definition) is 5. The summed E-state index contributed by atoms with van der Waals surface area (Å²) < 4.78 is 16.3. The molecule has 0 radical (unpaired) electrons. The summed E-state index contributed by atoms with van der Waals surface area (Å²) in [6, 6.07) is 5.53. The van der Waals surface area contributed by atoms with E-state index in [1.807, 2.05) is 18.3 Å². The van der Waals surface area contributed by atoms with Gasteiger partial charge in [-0.05, 0) is 36.5 Å². The summed E-state index contributed by atoms with van der Waals surface area (Å²) in [4.78, 5) is 16.2. The number of primary amides is 1. The van der Waals surface area contributed by atoms with Crippen molar-refractivity contribution in [3.63, 3.8) is 0 Å². The molecule has 1 atom stereocenters. The Morgan fingerprint density at radius 2 is 1.92 bits per heavy atom. The zero-order valence-electron chi connectivity index (χ0n) is 15.0. The van der Waals surface area contributed by atoms with Crippen LogP contribution in [0.25, 0.3) is 0 Å². The Labute approximate surface area is 147 Å². The molecule has 6 nitrogen and oxygen atoms in total. The number of carbonyl (C=O) groups is 1. The first-order valence-corrected chi connectivity index (χ1v) is 8.08. The number of ether oxygens (including phenoxy) is 3. The molecule has 0 bridgehead atoms. The quantitative estimate of drug-likeness (QED) is 0.796. The van der Waals surface area contributed by atoms with Crippen LogP contribution in [0, 0.1) is 0 Å². The van der Waals surface area contributed by atoms with E-state index in [9.17, 15) is 4.79 Å². The molecule has 2 N–H and O–H groups in total. The molecule has 1 aromatic carbocycles. The predicted octanol–water partition coefficient (Wildman–Crippen LogP) is 2.94. The van der Waals surface area contributed by atoms with E-state index < -0.39 is 5.91 Å². The summed E-state index contributed by atoms with van der Waals surface area (Å²) in [6.07, 6.45) is 5.03. The number of carbonyl (C=O) groups excluding carboxylic acids is 1. The number of aromatic nitrogens is 1. The monoisotopic (exact) mass is 344 g/mol. The Morgan fingerprint density at radius 3 is 2.40 bits per heavy atom. The van der Waals surface area contributed by atoms with Crippen molar-refractivity contribution in [3.05, 3.63) is 47.3 Å². The highest BCUT2D eigenvalue weighted by atomic mass is 16.5. The number of methoxy groups -OCH3 is 3. The van der Waals surface area contributed by atoms with Crippen LogP contribution in [0.5, 0.6) is 17.2 Å². The first-order chi connectivity index (χ1) is 12.1. The third kappa shape index (κ3) is 3.84. The smallest absolute Gasteiger partial charge is 0.249 e. The predicted molar refractivity (Wildman–Crippen MR) is 95.6 cm³/mol. The van der Waals surface area contributed by atoms with Crippen molar-refractivity contribution in [2.75, 3.05) is 21.3 Å². The second-order valence-corrected chi connectivity index (χ2v) is 5.63. The Morgan fingerprint density at radius 1 is 1.20 bits per heavy atom. The summed E-state index contributed by atoms with van der Waals surface area (Å²) in [6.45, 7) is 2.09. The van der Waals surface area contributed by atoms with Crippen LogP contribution in [0.2, 0.25) is 0 Å². The molecule has 25 heavy (non-hydrogen) atoms. The number of nitrogens with two attached hydrogens (primary N) is 1. The molecule has 1 amide bonds. The molecule has 134 valence electrons. The van der Waals surface area contributed by atoms with Crippen molar-refractivity contribution in [2.24, 2.45) is 5.73 Å². The van der Waals surface area contributed by atoms with E-state index in [2.05, 4.69) is 11.9 Å². The van der Waals surface area contributed by atoms with Crippen LogP contribution in [0.1, 0.15) is 40.7 Å². The van der Waals surface area contributed by atoms with Crippen LogP contribution in [0.15, 0.2) is 30.6 Å². The van der Waals surface area contributed by atoms with Crippen molar-refractivity contribution >= 4 is 5.91 Å². The standard InChI is InChI=1S/C19H24N2O4/c1-5-12(13-7-6-8-21-11-13)9-14-15(19(20)22)10-16(23-2)18(25-4)17(14)24-3/h6-8,10-12H,5,9H2,1-4H3,(H2,20,22). The zero-order valence-corrected chi connectivity index (χ0v) is 15.0. The van der Waals surface area contributed by atoms with Crippen LogP contribution < -0.4 is 19.9 Å². The number of amides is 1. The lowest BCUT2D eigenvalue weighted by Gasteiger charge is -2.22. The third-order valence-corrected chi connectivity index (χ3v) is 4.30. The van der Waals surface area contributed by atoms with Gasteiger partial charge in [-0.15, -0.1) is 0 Å². The van der Waals surface area contributed by atoms with Crippen molar-refractivity contribution < 1.29 is 19.0 Å². The molecule has 1 unspecified atom stereocenters. The highest BCUT2D eigenvalue weighted by Crippen LogP contribution is 2.43. The summed E-state index contributed by atoms with van der Waals surface area (Å²) >= 11 is 0. The highest BCUT2D eigenvalue weighted by Gasteiger charge is 2.25. The summed E-state index contributed by atoms with van der Waals surface area (Å²) in [5.74, 6) is 0.962. The number of nitrogens with zero attached hydrogens (tertiary/aromatic N) is 1. The van der Waals surface area contributed by atoms with Gasteiger partial charge in [-0.25, -0.2) is 0 Å². The minimum Gasteiger partial charge on any atom is -0.493 e. The van der Waals surface area contributed by atoms with Gasteiger partial charge in [0.25, 0.3) is 0 Å². The summed E-state index contributed by atoms with van der Waals surface area (Å²) in [5, 5.41) is 0. The van der Waals surface area contributed by atoms with Gasteiger partial charge >= 0.3 is 0 Å². The van der Waals surface area contributed by atoms with Gasteiger partial charge in [0.05, 0.1) is 21.3 Å². The van der Waals surface area contributed by atoms with Crippen molar-refractivity contribution in [2.45, 2.75) is 25.7 Å². The molecule has 2 rings (SSSR count). The minimum atomic E-state index is -0.532. The molecule has 0 saturated heterocycles. The molecule has 0 aliphatic carbocycles. The maximum absolute atomic E-state index is 12.0. The fraction of sp³-hybridized carbons (Fsp3) is 0.368. The van der Waals surface area contributed by atoms with Crippen LogP contribution in [0.4, 0.5) is 0 Å². The van der Waals surface area contributed by atoms with Gasteiger partial charge in [0.2, 0.25) is 11.7 Å². The normalized spacial score (nSPS) is 11.7. The molecule has 0 aliphatic heterocycles. The summed E-state index contributed by atoms with van der Waals surface area (Å²) in [7, 11) is 4.58. The SMILES string of the molecule is CCC(Cc1c(C(N)=O)cc(OC)c(OC)c1OC)c1cccnc1. The fourth-order valence-electron chi connectivity index (χ4n) is 3.00. The Kier molecular flexibility index (Phi) is 6.22. The third-order valence-electron chi connectivity index (χ3n) is 4.30. The molecule has 6 heteroatoms. The maximum Gasteiger partial charge on any atom is 0.249 e. The van der Waals surface area contributed by atoms with E-state index in [1.54, 1.807) is 12.3 Å². The minimum absolute atomic E-state index is 0.166. The highest BCUT2D eigenvalue weighted by molar-refractivity contribution is 5.96. The maximum atomic E-state index is 12.0. The molecule has 0 fully saturated rings. The molecule has 1 heterocycles. The van der Waals surface area contributed by atoms with E-state index in [0.717, 1.165) is 12.0 Å². The second-order valence-electron chi connectivity index (χ2n) is 5.63. The van der Waals surface area contributed by atoms with E-state index in [0.29, 0.717) is 34.8 Å². The van der Waals surface area contributed by atoms with E-state index in [-0.39, 0.29) is 5.92 Å². The van der Waals surface area contributed by atoms with E-state index >= 15 is 0 Å². The van der Waals surface area contributed by atoms with Gasteiger partial charge in [0, 0.05) is 23.5 Å². The van der Waals surface area contributed by atoms with Crippen molar-refractivity contribution in [3.8, 4) is 17.2 Å². The number of pyridine rings is 1. The molecule has 0 saturated carbocycles. The summed E-state index contributed by atoms with van der Waals surface area (Å²) in [5.41, 5.74) is 7.78. The lowest BCUT2D eigenvalue weighted by atomic mass is 9.88. The Hall–Kier alpha value is -2.76. The van der Waals surface area contributed by atoms with Gasteiger partial charge in [0.1, 0.15) is 0 Å². The average Bonchev–Trinajstić information content (AvgIpc) is 2.65. The molecule has 1 aromatic heterocycles. The lowest BCUT2D eigenvalue weighted by Crippen LogP contribution is -2.17. The molecule has 2 aromatic rings. The van der Waals surface area contributed by atoms with Crippen LogP contribution in [-0.2, 0) is 6.42 Å². The molecular weight excluding hydrogens is 320 g/mol. The topological polar surface area (TPSA) is 83.7 Å². The van der Waals surface area contributed by atoms with Crippen molar-refractivity contribution in [1.82, 2.24) is 4.98 Å². The van der Waals surface area contributed by atoms with Crippen molar-refractivity contribution in [1.29, 1.82) is 0 Å². The van der Waals surface area contributed by atoms with Crippen LogP contribution >= 0.6 is 0 Å². The Bertz CT molecular complexity index is 732. The molecule has 0 spiro atoms. The number of hydrogen-bond donors (Lipinski definition) is 1. The van der Waals surface area contributed by atoms with Crippen LogP contribution in [0.3, 0.4) is 0 Å². The fourth-order valence-corrected chi connectivity index (χ4v) is 3.00. The van der Waals surface area contributed by atoms with Gasteiger partial charge in [-0.1, -0.05) is 13.0 Å². The average molecular weight is 344 g/mol. The number of benzene rings is 1. The van der Waals surface area contributed by atoms with Gasteiger partial charge in [-0.2, -0.15) is 0 Å².